The molecule has 8 nitrogen and oxygen atoms in total. The van der Waals surface area contributed by atoms with Gasteiger partial charge in [-0.05, 0) is 37.1 Å². The minimum Gasteiger partial charge on any atom is -0.461 e. The summed E-state index contributed by atoms with van der Waals surface area (Å²) in [6, 6.07) is 13.3. The molecule has 31 heavy (non-hydrogen) atoms. The molecule has 0 bridgehead atoms. The molecular formula is C22H19BrN2O6. The van der Waals surface area contributed by atoms with Gasteiger partial charge in [0.2, 0.25) is 0 Å². The highest BCUT2D eigenvalue weighted by atomic mass is 79.9. The van der Waals surface area contributed by atoms with Crippen molar-refractivity contribution >= 4 is 44.2 Å². The summed E-state index contributed by atoms with van der Waals surface area (Å²) < 4.78 is 11.5. The predicted octanol–water partition coefficient (Wildman–Crippen LogP) is 4.42. The Kier molecular flexibility index (Phi) is 6.03. The number of nitro benzene ring substituents is 1. The van der Waals surface area contributed by atoms with Gasteiger partial charge in [-0.2, -0.15) is 0 Å². The minimum atomic E-state index is -0.505. The van der Waals surface area contributed by atoms with Crippen molar-refractivity contribution in [3.05, 3.63) is 79.1 Å². The Morgan fingerprint density at radius 2 is 1.94 bits per heavy atom. The molecule has 0 atom stereocenters. The van der Waals surface area contributed by atoms with Crippen LogP contribution in [-0.2, 0) is 16.1 Å². The number of halogens is 1. The third kappa shape index (κ3) is 4.61. The van der Waals surface area contributed by atoms with E-state index in [0.717, 1.165) is 4.47 Å². The van der Waals surface area contributed by atoms with Crippen molar-refractivity contribution in [3.63, 3.8) is 0 Å². The molecule has 1 fully saturated rings. The van der Waals surface area contributed by atoms with Crippen LogP contribution in [0.4, 0.5) is 11.4 Å². The second-order valence-electron chi connectivity index (χ2n) is 7.35. The zero-order valence-electron chi connectivity index (χ0n) is 16.5. The van der Waals surface area contributed by atoms with E-state index < -0.39 is 10.5 Å². The van der Waals surface area contributed by atoms with Crippen molar-refractivity contribution in [2.75, 3.05) is 18.0 Å². The molecule has 1 aliphatic heterocycles. The molecule has 0 radical (unpaired) electrons. The van der Waals surface area contributed by atoms with Gasteiger partial charge in [0.05, 0.1) is 10.8 Å². The summed E-state index contributed by atoms with van der Waals surface area (Å²) in [5, 5.41) is 12.0. The Morgan fingerprint density at radius 3 is 2.68 bits per heavy atom. The average molecular weight is 487 g/mol. The van der Waals surface area contributed by atoms with Crippen molar-refractivity contribution in [1.82, 2.24) is 0 Å². The molecule has 4 rings (SSSR count). The molecule has 1 aliphatic rings. The van der Waals surface area contributed by atoms with Crippen LogP contribution in [0.1, 0.15) is 18.4 Å². The number of esters is 1. The first-order valence-electron chi connectivity index (χ1n) is 9.79. The van der Waals surface area contributed by atoms with Gasteiger partial charge in [-0.1, -0.05) is 28.1 Å². The number of anilines is 1. The predicted molar refractivity (Wildman–Crippen MR) is 118 cm³/mol. The van der Waals surface area contributed by atoms with Crippen LogP contribution in [0.2, 0.25) is 0 Å². The number of benzene rings is 2. The lowest BCUT2D eigenvalue weighted by atomic mass is 9.96. The molecule has 0 unspecified atom stereocenters. The van der Waals surface area contributed by atoms with Gasteiger partial charge in [0.1, 0.15) is 17.9 Å². The van der Waals surface area contributed by atoms with E-state index >= 15 is 0 Å². The maximum absolute atomic E-state index is 12.6. The van der Waals surface area contributed by atoms with Gasteiger partial charge in [0.25, 0.3) is 5.69 Å². The SMILES string of the molecule is O=C(OCc1cc(=O)oc2cc(Br)ccc12)C1CCN(c2ccccc2[N+](=O)[O-])CC1. The Morgan fingerprint density at radius 1 is 1.19 bits per heavy atom. The molecule has 1 saturated heterocycles. The molecule has 2 heterocycles. The lowest BCUT2D eigenvalue weighted by Crippen LogP contribution is -2.37. The monoisotopic (exact) mass is 486 g/mol. The van der Waals surface area contributed by atoms with Gasteiger partial charge in [0.15, 0.2) is 0 Å². The Balaban J connectivity index is 1.40. The fraction of sp³-hybridized carbons (Fsp3) is 0.273. The van der Waals surface area contributed by atoms with Gasteiger partial charge in [-0.15, -0.1) is 0 Å². The number of hydrogen-bond donors (Lipinski definition) is 0. The summed E-state index contributed by atoms with van der Waals surface area (Å²) >= 11 is 3.34. The van der Waals surface area contributed by atoms with E-state index in [2.05, 4.69) is 15.9 Å². The van der Waals surface area contributed by atoms with E-state index in [0.29, 0.717) is 48.2 Å². The van der Waals surface area contributed by atoms with Crippen LogP contribution in [0, 0.1) is 16.0 Å². The number of nitrogens with zero attached hydrogens (tertiary/aromatic N) is 2. The first kappa shape index (κ1) is 21.0. The number of nitro groups is 1. The van der Waals surface area contributed by atoms with E-state index in [4.69, 9.17) is 9.15 Å². The fourth-order valence-electron chi connectivity index (χ4n) is 3.83. The maximum Gasteiger partial charge on any atom is 0.336 e. The van der Waals surface area contributed by atoms with Crippen LogP contribution >= 0.6 is 15.9 Å². The number of hydrogen-bond acceptors (Lipinski definition) is 7. The van der Waals surface area contributed by atoms with Gasteiger partial charge in [0, 0.05) is 40.6 Å². The molecule has 9 heteroatoms. The lowest BCUT2D eigenvalue weighted by Gasteiger charge is -2.32. The third-order valence-corrected chi connectivity index (χ3v) is 5.90. The van der Waals surface area contributed by atoms with Crippen LogP contribution in [-0.4, -0.2) is 24.0 Å². The Bertz CT molecular complexity index is 1200. The van der Waals surface area contributed by atoms with Crippen molar-refractivity contribution in [2.45, 2.75) is 19.4 Å². The number of fused-ring (bicyclic) bond motifs is 1. The van der Waals surface area contributed by atoms with Crippen molar-refractivity contribution in [2.24, 2.45) is 5.92 Å². The molecule has 1 aromatic heterocycles. The Labute approximate surface area is 185 Å². The van der Waals surface area contributed by atoms with Gasteiger partial charge in [-0.25, -0.2) is 4.79 Å². The first-order valence-corrected chi connectivity index (χ1v) is 10.6. The van der Waals surface area contributed by atoms with Gasteiger partial charge in [-0.3, -0.25) is 14.9 Å². The summed E-state index contributed by atoms with van der Waals surface area (Å²) in [5.74, 6) is -0.625. The summed E-state index contributed by atoms with van der Waals surface area (Å²) in [5.41, 5.74) is 1.13. The van der Waals surface area contributed by atoms with E-state index in [1.807, 2.05) is 11.0 Å². The normalized spacial score (nSPS) is 14.5. The van der Waals surface area contributed by atoms with Crippen molar-refractivity contribution in [3.8, 4) is 0 Å². The van der Waals surface area contributed by atoms with Gasteiger partial charge < -0.3 is 14.1 Å². The number of carbonyl (C=O) groups is 1. The zero-order chi connectivity index (χ0) is 22.0. The smallest absolute Gasteiger partial charge is 0.336 e. The quantitative estimate of drug-likeness (QED) is 0.227. The zero-order valence-corrected chi connectivity index (χ0v) is 18.0. The molecule has 0 spiro atoms. The van der Waals surface area contributed by atoms with Crippen molar-refractivity contribution in [1.29, 1.82) is 0 Å². The number of rotatable bonds is 5. The van der Waals surface area contributed by atoms with E-state index in [9.17, 15) is 19.7 Å². The maximum atomic E-state index is 12.6. The molecule has 0 aliphatic carbocycles. The largest absolute Gasteiger partial charge is 0.461 e. The van der Waals surface area contributed by atoms with Crippen LogP contribution in [0.5, 0.6) is 0 Å². The molecule has 3 aromatic rings. The molecule has 0 N–H and O–H groups in total. The number of piperidine rings is 1. The second kappa shape index (κ2) is 8.89. The summed E-state index contributed by atoms with van der Waals surface area (Å²) in [6.45, 7) is 1.03. The van der Waals surface area contributed by atoms with E-state index in [-0.39, 0.29) is 24.2 Å². The van der Waals surface area contributed by atoms with E-state index in [1.165, 1.54) is 12.1 Å². The molecule has 2 aromatic carbocycles. The second-order valence-corrected chi connectivity index (χ2v) is 8.26. The average Bonchev–Trinajstić information content (AvgIpc) is 2.77. The number of para-hydroxylation sites is 2. The summed E-state index contributed by atoms with van der Waals surface area (Å²) in [6.07, 6.45) is 1.07. The van der Waals surface area contributed by atoms with E-state index in [1.54, 1.807) is 30.3 Å². The summed E-state index contributed by atoms with van der Waals surface area (Å²) in [4.78, 5) is 37.2. The molecule has 0 amide bonds. The highest BCUT2D eigenvalue weighted by molar-refractivity contribution is 9.10. The summed E-state index contributed by atoms with van der Waals surface area (Å²) in [7, 11) is 0. The van der Waals surface area contributed by atoms with Crippen LogP contribution in [0.3, 0.4) is 0 Å². The minimum absolute atomic E-state index is 0.0209. The lowest BCUT2D eigenvalue weighted by molar-refractivity contribution is -0.384. The standard InChI is InChI=1S/C22H19BrN2O6/c23-16-5-6-17-15(11-21(26)31-20(17)12-16)13-30-22(27)14-7-9-24(10-8-14)18-3-1-2-4-19(18)25(28)29/h1-6,11-12,14H,7-10,13H2. The number of ether oxygens (including phenoxy) is 1. The molecule has 160 valence electrons. The van der Waals surface area contributed by atoms with Gasteiger partial charge >= 0.3 is 11.6 Å². The number of carbonyl (C=O) groups excluding carboxylic acids is 1. The highest BCUT2D eigenvalue weighted by Crippen LogP contribution is 2.31. The van der Waals surface area contributed by atoms with Crippen molar-refractivity contribution < 1.29 is 18.9 Å². The molecular weight excluding hydrogens is 468 g/mol. The topological polar surface area (TPSA) is 103 Å². The third-order valence-electron chi connectivity index (χ3n) is 5.41. The van der Waals surface area contributed by atoms with Crippen LogP contribution in [0.15, 0.2) is 62.2 Å². The first-order chi connectivity index (χ1) is 14.9. The van der Waals surface area contributed by atoms with Crippen LogP contribution in [0.25, 0.3) is 11.0 Å². The fourth-order valence-corrected chi connectivity index (χ4v) is 4.17. The van der Waals surface area contributed by atoms with Crippen LogP contribution < -0.4 is 10.5 Å². The molecule has 0 saturated carbocycles. The highest BCUT2D eigenvalue weighted by Gasteiger charge is 2.29. The Hall–Kier alpha value is -3.20.